The van der Waals surface area contributed by atoms with Gasteiger partial charge in [-0.15, -0.1) is 0 Å². The third kappa shape index (κ3) is 3.03. The summed E-state index contributed by atoms with van der Waals surface area (Å²) in [6, 6.07) is 14.5. The second-order valence-corrected chi connectivity index (χ2v) is 5.68. The number of amides is 1. The average Bonchev–Trinajstić information content (AvgIpc) is 2.60. The topological polar surface area (TPSA) is 64.0 Å². The maximum Gasteiger partial charge on any atom is 0.282 e. The third-order valence-electron chi connectivity index (χ3n) is 3.78. The fourth-order valence-electron chi connectivity index (χ4n) is 2.56. The quantitative estimate of drug-likeness (QED) is 0.793. The SMILES string of the molecule is CCn1c(=O)c(C(=O)NCc2ccccc2Cl)nc2ccccc21. The molecule has 0 saturated carbocycles. The summed E-state index contributed by atoms with van der Waals surface area (Å²) >= 11 is 6.08. The molecule has 1 N–H and O–H groups in total. The highest BCUT2D eigenvalue weighted by Gasteiger charge is 2.16. The minimum Gasteiger partial charge on any atom is -0.346 e. The van der Waals surface area contributed by atoms with E-state index < -0.39 is 11.5 Å². The lowest BCUT2D eigenvalue weighted by atomic mass is 10.2. The van der Waals surface area contributed by atoms with Gasteiger partial charge in [-0.1, -0.05) is 41.9 Å². The largest absolute Gasteiger partial charge is 0.346 e. The average molecular weight is 342 g/mol. The molecule has 1 aromatic heterocycles. The number of aryl methyl sites for hydroxylation is 1. The minimum absolute atomic E-state index is 0.109. The number of carbonyl (C=O) groups excluding carboxylic acids is 1. The highest BCUT2D eigenvalue weighted by atomic mass is 35.5. The molecular formula is C18H16ClN3O2. The number of halogens is 1. The van der Waals surface area contributed by atoms with Crippen LogP contribution < -0.4 is 10.9 Å². The summed E-state index contributed by atoms with van der Waals surface area (Å²) in [4.78, 5) is 29.2. The molecule has 5 nitrogen and oxygen atoms in total. The fourth-order valence-corrected chi connectivity index (χ4v) is 2.76. The zero-order valence-corrected chi connectivity index (χ0v) is 13.9. The van der Waals surface area contributed by atoms with Crippen LogP contribution >= 0.6 is 11.6 Å². The fraction of sp³-hybridized carbons (Fsp3) is 0.167. The monoisotopic (exact) mass is 341 g/mol. The van der Waals surface area contributed by atoms with Crippen LogP contribution in [-0.4, -0.2) is 15.5 Å². The Kier molecular flexibility index (Phi) is 4.62. The molecule has 0 spiro atoms. The summed E-state index contributed by atoms with van der Waals surface area (Å²) in [6.07, 6.45) is 0. The van der Waals surface area contributed by atoms with Crippen molar-refractivity contribution in [1.29, 1.82) is 0 Å². The van der Waals surface area contributed by atoms with E-state index in [0.717, 1.165) is 5.56 Å². The van der Waals surface area contributed by atoms with Crippen molar-refractivity contribution in [3.8, 4) is 0 Å². The molecule has 0 aliphatic carbocycles. The molecule has 0 aliphatic rings. The van der Waals surface area contributed by atoms with Gasteiger partial charge in [0, 0.05) is 18.1 Å². The molecule has 0 radical (unpaired) electrons. The first-order valence-electron chi connectivity index (χ1n) is 7.63. The summed E-state index contributed by atoms with van der Waals surface area (Å²) in [7, 11) is 0. The lowest BCUT2D eigenvalue weighted by Gasteiger charge is -2.11. The summed E-state index contributed by atoms with van der Waals surface area (Å²) in [5, 5.41) is 3.28. The Labute approximate surface area is 143 Å². The van der Waals surface area contributed by atoms with Gasteiger partial charge in [0.25, 0.3) is 11.5 Å². The zero-order valence-electron chi connectivity index (χ0n) is 13.1. The molecule has 1 amide bonds. The zero-order chi connectivity index (χ0) is 17.1. The van der Waals surface area contributed by atoms with Gasteiger partial charge in [-0.05, 0) is 30.7 Å². The van der Waals surface area contributed by atoms with E-state index in [1.54, 1.807) is 16.7 Å². The van der Waals surface area contributed by atoms with Crippen LogP contribution in [0.2, 0.25) is 5.02 Å². The molecule has 0 unspecified atom stereocenters. The summed E-state index contributed by atoms with van der Waals surface area (Å²) in [6.45, 7) is 2.56. The number of hydrogen-bond acceptors (Lipinski definition) is 3. The van der Waals surface area contributed by atoms with Gasteiger partial charge in [0.1, 0.15) is 0 Å². The van der Waals surface area contributed by atoms with Crippen molar-refractivity contribution in [2.24, 2.45) is 0 Å². The number of nitrogens with one attached hydrogen (secondary N) is 1. The van der Waals surface area contributed by atoms with E-state index in [-0.39, 0.29) is 12.2 Å². The van der Waals surface area contributed by atoms with Gasteiger partial charge in [0.15, 0.2) is 5.69 Å². The van der Waals surface area contributed by atoms with Crippen LogP contribution in [0, 0.1) is 0 Å². The molecular weight excluding hydrogens is 326 g/mol. The predicted molar refractivity (Wildman–Crippen MR) is 94.3 cm³/mol. The molecule has 3 aromatic rings. The highest BCUT2D eigenvalue weighted by molar-refractivity contribution is 6.31. The highest BCUT2D eigenvalue weighted by Crippen LogP contribution is 2.14. The van der Waals surface area contributed by atoms with E-state index in [2.05, 4.69) is 10.3 Å². The van der Waals surface area contributed by atoms with Gasteiger partial charge < -0.3 is 9.88 Å². The van der Waals surface area contributed by atoms with Crippen LogP contribution in [0.3, 0.4) is 0 Å². The number of benzene rings is 2. The Morgan fingerprint density at radius 1 is 1.17 bits per heavy atom. The lowest BCUT2D eigenvalue weighted by molar-refractivity contribution is 0.0944. The van der Waals surface area contributed by atoms with Crippen LogP contribution in [0.4, 0.5) is 0 Å². The number of fused-ring (bicyclic) bond motifs is 1. The number of hydrogen-bond donors (Lipinski definition) is 1. The number of aromatic nitrogens is 2. The van der Waals surface area contributed by atoms with Gasteiger partial charge in [0.2, 0.25) is 0 Å². The van der Waals surface area contributed by atoms with Crippen LogP contribution in [0.1, 0.15) is 23.0 Å². The van der Waals surface area contributed by atoms with E-state index in [0.29, 0.717) is 22.6 Å². The van der Waals surface area contributed by atoms with Gasteiger partial charge in [-0.2, -0.15) is 0 Å². The van der Waals surface area contributed by atoms with Crippen molar-refractivity contribution in [2.75, 3.05) is 0 Å². The molecule has 1 heterocycles. The van der Waals surface area contributed by atoms with E-state index in [4.69, 9.17) is 11.6 Å². The summed E-state index contributed by atoms with van der Waals surface area (Å²) < 4.78 is 1.55. The van der Waals surface area contributed by atoms with Gasteiger partial charge >= 0.3 is 0 Å². The van der Waals surface area contributed by atoms with Gasteiger partial charge in [-0.25, -0.2) is 4.98 Å². The van der Waals surface area contributed by atoms with E-state index in [9.17, 15) is 9.59 Å². The van der Waals surface area contributed by atoms with Gasteiger partial charge in [0.05, 0.1) is 11.0 Å². The van der Waals surface area contributed by atoms with Crippen molar-refractivity contribution < 1.29 is 4.79 Å². The molecule has 0 saturated heterocycles. The summed E-state index contributed by atoms with van der Waals surface area (Å²) in [5.41, 5.74) is 1.61. The Morgan fingerprint density at radius 3 is 2.62 bits per heavy atom. The van der Waals surface area contributed by atoms with Crippen molar-refractivity contribution in [3.05, 3.63) is 75.2 Å². The summed E-state index contributed by atoms with van der Waals surface area (Å²) in [5.74, 6) is -0.507. The second kappa shape index (κ2) is 6.84. The maximum atomic E-state index is 12.5. The van der Waals surface area contributed by atoms with Crippen LogP contribution in [0.5, 0.6) is 0 Å². The standard InChI is InChI=1S/C18H16ClN3O2/c1-2-22-15-10-6-5-9-14(15)21-16(18(22)24)17(23)20-11-12-7-3-4-8-13(12)19/h3-10H,2,11H2,1H3,(H,20,23). The Bertz CT molecular complexity index is 966. The van der Waals surface area contributed by atoms with Gasteiger partial charge in [-0.3, -0.25) is 9.59 Å². The number of carbonyl (C=O) groups is 1. The maximum absolute atomic E-state index is 12.5. The predicted octanol–water partition coefficient (Wildman–Crippen LogP) is 3.00. The Hall–Kier alpha value is -2.66. The van der Waals surface area contributed by atoms with Crippen molar-refractivity contribution in [3.63, 3.8) is 0 Å². The minimum atomic E-state index is -0.507. The smallest absolute Gasteiger partial charge is 0.282 e. The number of nitrogens with zero attached hydrogens (tertiary/aromatic N) is 2. The first kappa shape index (κ1) is 16.2. The lowest BCUT2D eigenvalue weighted by Crippen LogP contribution is -2.34. The Balaban J connectivity index is 1.94. The van der Waals surface area contributed by atoms with Crippen molar-refractivity contribution >= 4 is 28.5 Å². The molecule has 0 bridgehead atoms. The first-order valence-corrected chi connectivity index (χ1v) is 8.00. The molecule has 0 atom stereocenters. The second-order valence-electron chi connectivity index (χ2n) is 5.27. The van der Waals surface area contributed by atoms with E-state index >= 15 is 0 Å². The molecule has 122 valence electrons. The van der Waals surface area contributed by atoms with Crippen molar-refractivity contribution in [2.45, 2.75) is 20.0 Å². The normalized spacial score (nSPS) is 10.8. The Morgan fingerprint density at radius 2 is 1.88 bits per heavy atom. The van der Waals surface area contributed by atoms with E-state index in [1.165, 1.54) is 0 Å². The third-order valence-corrected chi connectivity index (χ3v) is 4.15. The van der Waals surface area contributed by atoms with E-state index in [1.807, 2.05) is 43.3 Å². The first-order chi connectivity index (χ1) is 11.6. The molecule has 6 heteroatoms. The number of rotatable bonds is 4. The number of para-hydroxylation sites is 2. The van der Waals surface area contributed by atoms with Crippen molar-refractivity contribution in [1.82, 2.24) is 14.9 Å². The van der Waals surface area contributed by atoms with Crippen LogP contribution in [0.15, 0.2) is 53.3 Å². The van der Waals surface area contributed by atoms with Crippen LogP contribution in [0.25, 0.3) is 11.0 Å². The molecule has 3 rings (SSSR count). The van der Waals surface area contributed by atoms with Crippen LogP contribution in [-0.2, 0) is 13.1 Å². The molecule has 2 aromatic carbocycles. The molecule has 0 aliphatic heterocycles. The molecule has 0 fully saturated rings. The molecule has 24 heavy (non-hydrogen) atoms.